The van der Waals surface area contributed by atoms with Crippen molar-refractivity contribution in [2.24, 2.45) is 4.99 Å². The lowest BCUT2D eigenvalue weighted by atomic mass is 10.1. The van der Waals surface area contributed by atoms with Crippen LogP contribution in [-0.2, 0) is 22.8 Å². The Kier molecular flexibility index (Phi) is 7.05. The number of oxazole rings is 1. The molecule has 0 amide bonds. The molecule has 2 aromatic heterocycles. The van der Waals surface area contributed by atoms with E-state index >= 15 is 0 Å². The predicted octanol–water partition coefficient (Wildman–Crippen LogP) is 3.10. The maximum Gasteiger partial charge on any atom is 0.236 e. The average molecular weight is 433 g/mol. The lowest BCUT2D eigenvalue weighted by Crippen LogP contribution is -2.38. The molecule has 2 N–H and O–H groups in total. The van der Waals surface area contributed by atoms with Crippen molar-refractivity contribution in [3.8, 4) is 10.8 Å². The standard InChI is InChI=1S/C20H24N4O3S2/c1-3-21-20(22-11-10-15-6-8-17(9-7-15)29(2,25)26)23-13-16-14-27-19(24-16)18-5-4-12-28-18/h4-9,12,14H,3,10-11,13H2,1-2H3,(H2,21,22,23). The number of hydrogen-bond donors (Lipinski definition) is 2. The van der Waals surface area contributed by atoms with Gasteiger partial charge in [0.15, 0.2) is 15.8 Å². The second-order valence-corrected chi connectivity index (χ2v) is 9.37. The molecule has 154 valence electrons. The van der Waals surface area contributed by atoms with E-state index in [1.807, 2.05) is 36.6 Å². The second-order valence-electron chi connectivity index (χ2n) is 6.41. The van der Waals surface area contributed by atoms with Gasteiger partial charge in [0, 0.05) is 19.3 Å². The molecule has 2 heterocycles. The van der Waals surface area contributed by atoms with Gasteiger partial charge < -0.3 is 15.1 Å². The van der Waals surface area contributed by atoms with Crippen LogP contribution in [0.1, 0.15) is 18.2 Å². The zero-order valence-corrected chi connectivity index (χ0v) is 18.0. The molecule has 0 saturated carbocycles. The molecule has 29 heavy (non-hydrogen) atoms. The summed E-state index contributed by atoms with van der Waals surface area (Å²) < 4.78 is 28.6. The fourth-order valence-electron chi connectivity index (χ4n) is 2.62. The van der Waals surface area contributed by atoms with Crippen LogP contribution in [0.2, 0.25) is 0 Å². The summed E-state index contributed by atoms with van der Waals surface area (Å²) in [6, 6.07) is 10.9. The van der Waals surface area contributed by atoms with Crippen LogP contribution in [0.4, 0.5) is 0 Å². The number of rotatable bonds is 8. The first kappa shape index (κ1) is 21.1. The normalized spacial score (nSPS) is 12.1. The van der Waals surface area contributed by atoms with E-state index in [9.17, 15) is 8.42 Å². The number of sulfone groups is 1. The quantitative estimate of drug-likeness (QED) is 0.419. The van der Waals surface area contributed by atoms with E-state index in [1.54, 1.807) is 29.7 Å². The van der Waals surface area contributed by atoms with Gasteiger partial charge in [-0.2, -0.15) is 0 Å². The van der Waals surface area contributed by atoms with Gasteiger partial charge in [0.2, 0.25) is 5.89 Å². The number of thiophene rings is 1. The third kappa shape index (κ3) is 6.16. The molecule has 0 aliphatic rings. The molecule has 1 aromatic carbocycles. The van der Waals surface area contributed by atoms with Crippen molar-refractivity contribution in [1.29, 1.82) is 0 Å². The SMILES string of the molecule is CCNC(=NCc1coc(-c2cccs2)n1)NCCc1ccc(S(C)(=O)=O)cc1. The van der Waals surface area contributed by atoms with Gasteiger partial charge in [-0.05, 0) is 42.5 Å². The van der Waals surface area contributed by atoms with Crippen molar-refractivity contribution >= 4 is 27.1 Å². The maximum atomic E-state index is 11.5. The van der Waals surface area contributed by atoms with Crippen molar-refractivity contribution in [2.75, 3.05) is 19.3 Å². The van der Waals surface area contributed by atoms with Crippen LogP contribution in [0.5, 0.6) is 0 Å². The topological polar surface area (TPSA) is 96.6 Å². The first-order valence-electron chi connectivity index (χ1n) is 9.25. The first-order chi connectivity index (χ1) is 14.0. The molecule has 0 atom stereocenters. The molecule has 0 radical (unpaired) electrons. The minimum atomic E-state index is -3.17. The van der Waals surface area contributed by atoms with Crippen molar-refractivity contribution < 1.29 is 12.8 Å². The highest BCUT2D eigenvalue weighted by molar-refractivity contribution is 7.90. The molecule has 0 aliphatic heterocycles. The van der Waals surface area contributed by atoms with Gasteiger partial charge in [-0.15, -0.1) is 11.3 Å². The molecular weight excluding hydrogens is 408 g/mol. The minimum Gasteiger partial charge on any atom is -0.443 e. The van der Waals surface area contributed by atoms with Crippen molar-refractivity contribution in [2.45, 2.75) is 24.8 Å². The summed E-state index contributed by atoms with van der Waals surface area (Å²) in [6.45, 7) is 3.83. The van der Waals surface area contributed by atoms with E-state index in [4.69, 9.17) is 4.42 Å². The maximum absolute atomic E-state index is 11.5. The zero-order valence-electron chi connectivity index (χ0n) is 16.4. The third-order valence-corrected chi connectivity index (χ3v) is 6.07. The Morgan fingerprint density at radius 2 is 2.00 bits per heavy atom. The van der Waals surface area contributed by atoms with E-state index in [0.717, 1.165) is 29.1 Å². The fourth-order valence-corrected chi connectivity index (χ4v) is 3.91. The van der Waals surface area contributed by atoms with Crippen LogP contribution >= 0.6 is 11.3 Å². The van der Waals surface area contributed by atoms with E-state index in [1.165, 1.54) is 6.26 Å². The van der Waals surface area contributed by atoms with Gasteiger partial charge in [0.1, 0.15) is 12.0 Å². The molecule has 3 rings (SSSR count). The average Bonchev–Trinajstić information content (AvgIpc) is 3.37. The van der Waals surface area contributed by atoms with Gasteiger partial charge in [0.25, 0.3) is 0 Å². The number of hydrogen-bond acceptors (Lipinski definition) is 6. The van der Waals surface area contributed by atoms with Crippen LogP contribution in [0.15, 0.2) is 62.3 Å². The summed E-state index contributed by atoms with van der Waals surface area (Å²) in [4.78, 5) is 10.3. The lowest BCUT2D eigenvalue weighted by Gasteiger charge is -2.11. The van der Waals surface area contributed by atoms with Crippen LogP contribution < -0.4 is 10.6 Å². The van der Waals surface area contributed by atoms with Crippen LogP contribution in [0.25, 0.3) is 10.8 Å². The zero-order chi connectivity index (χ0) is 20.7. The molecule has 3 aromatic rings. The third-order valence-electron chi connectivity index (χ3n) is 4.08. The monoisotopic (exact) mass is 432 g/mol. The van der Waals surface area contributed by atoms with Crippen molar-refractivity contribution in [1.82, 2.24) is 15.6 Å². The fraction of sp³-hybridized carbons (Fsp3) is 0.300. The van der Waals surface area contributed by atoms with Gasteiger partial charge in [-0.3, -0.25) is 0 Å². The van der Waals surface area contributed by atoms with E-state index in [-0.39, 0.29) is 0 Å². The smallest absolute Gasteiger partial charge is 0.236 e. The summed E-state index contributed by atoms with van der Waals surface area (Å²) in [5.41, 5.74) is 1.82. The summed E-state index contributed by atoms with van der Waals surface area (Å²) in [6.07, 6.45) is 3.59. The predicted molar refractivity (Wildman–Crippen MR) is 116 cm³/mol. The van der Waals surface area contributed by atoms with Gasteiger partial charge in [0.05, 0.1) is 16.3 Å². The van der Waals surface area contributed by atoms with Gasteiger partial charge in [-0.1, -0.05) is 18.2 Å². The van der Waals surface area contributed by atoms with Gasteiger partial charge >= 0.3 is 0 Å². The molecule has 0 bridgehead atoms. The largest absolute Gasteiger partial charge is 0.443 e. The molecule has 0 aliphatic carbocycles. The van der Waals surface area contributed by atoms with Crippen LogP contribution in [0.3, 0.4) is 0 Å². The van der Waals surface area contributed by atoms with E-state index < -0.39 is 9.84 Å². The molecule has 0 fully saturated rings. The molecule has 0 saturated heterocycles. The molecular formula is C20H24N4O3S2. The Morgan fingerprint density at radius 3 is 2.66 bits per heavy atom. The Bertz CT molecular complexity index is 1040. The highest BCUT2D eigenvalue weighted by Gasteiger charge is 2.08. The minimum absolute atomic E-state index is 0.332. The molecule has 9 heteroatoms. The molecule has 0 unspecified atom stereocenters. The van der Waals surface area contributed by atoms with E-state index in [0.29, 0.717) is 29.8 Å². The number of aliphatic imine (C=N–C) groups is 1. The number of nitrogens with zero attached hydrogens (tertiary/aromatic N) is 2. The Labute approximate surface area is 174 Å². The summed E-state index contributed by atoms with van der Waals surface area (Å²) in [5, 5.41) is 8.47. The van der Waals surface area contributed by atoms with Crippen molar-refractivity contribution in [3.05, 3.63) is 59.3 Å². The summed E-state index contributed by atoms with van der Waals surface area (Å²) >= 11 is 1.58. The first-order valence-corrected chi connectivity index (χ1v) is 12.0. The van der Waals surface area contributed by atoms with Gasteiger partial charge in [-0.25, -0.2) is 18.4 Å². The van der Waals surface area contributed by atoms with Crippen LogP contribution in [0, 0.1) is 0 Å². The summed E-state index contributed by atoms with van der Waals surface area (Å²) in [5.74, 6) is 1.31. The molecule has 0 spiro atoms. The number of benzene rings is 1. The Balaban J connectivity index is 1.54. The summed E-state index contributed by atoms with van der Waals surface area (Å²) in [7, 11) is -3.17. The highest BCUT2D eigenvalue weighted by Crippen LogP contribution is 2.23. The highest BCUT2D eigenvalue weighted by atomic mass is 32.2. The van der Waals surface area contributed by atoms with Crippen molar-refractivity contribution in [3.63, 3.8) is 0 Å². The number of nitrogens with one attached hydrogen (secondary N) is 2. The number of guanidine groups is 1. The Hall–Kier alpha value is -2.65. The number of aromatic nitrogens is 1. The van der Waals surface area contributed by atoms with Crippen LogP contribution in [-0.4, -0.2) is 38.7 Å². The molecule has 7 nitrogen and oxygen atoms in total. The van der Waals surface area contributed by atoms with E-state index in [2.05, 4.69) is 20.6 Å². The Morgan fingerprint density at radius 1 is 1.21 bits per heavy atom. The lowest BCUT2D eigenvalue weighted by molar-refractivity contribution is 0.574. The second kappa shape index (κ2) is 9.71.